The maximum Gasteiger partial charge on any atom is 0.290 e. The lowest BCUT2D eigenvalue weighted by atomic mass is 10.1. The van der Waals surface area contributed by atoms with E-state index in [1.165, 1.54) is 5.56 Å². The predicted molar refractivity (Wildman–Crippen MR) is 102 cm³/mol. The zero-order valence-electron chi connectivity index (χ0n) is 15.4. The van der Waals surface area contributed by atoms with Crippen molar-refractivity contribution >= 4 is 18.6 Å². The molecule has 0 fully saturated rings. The number of amides is 1. The van der Waals surface area contributed by atoms with Crippen LogP contribution in [0, 0.1) is 13.8 Å². The first kappa shape index (κ1) is 17.8. The number of hydrogen-bond donors (Lipinski definition) is 0. The molecule has 4 heteroatoms. The van der Waals surface area contributed by atoms with Gasteiger partial charge in [0.15, 0.2) is 5.76 Å². The minimum atomic E-state index is -0.169. The number of rotatable bonds is 5. The van der Waals surface area contributed by atoms with Crippen LogP contribution in [0.1, 0.15) is 39.9 Å². The van der Waals surface area contributed by atoms with E-state index in [0.29, 0.717) is 24.3 Å². The van der Waals surface area contributed by atoms with Crippen molar-refractivity contribution in [2.75, 3.05) is 0 Å². The summed E-state index contributed by atoms with van der Waals surface area (Å²) in [4.78, 5) is 14.9. The molecule has 0 aliphatic rings. The highest BCUT2D eigenvalue weighted by Gasteiger charge is 2.23. The summed E-state index contributed by atoms with van der Waals surface area (Å²) in [7, 11) is 0. The Hall–Kier alpha value is -3.01. The molecule has 26 heavy (non-hydrogen) atoms. The van der Waals surface area contributed by atoms with Gasteiger partial charge in [0.1, 0.15) is 11.2 Å². The van der Waals surface area contributed by atoms with Crippen LogP contribution in [-0.2, 0) is 13.1 Å². The van der Waals surface area contributed by atoms with E-state index in [9.17, 15) is 4.79 Å². The summed E-state index contributed by atoms with van der Waals surface area (Å²) in [6.45, 7) is 10.6. The molecule has 0 radical (unpaired) electrons. The summed E-state index contributed by atoms with van der Waals surface area (Å²) in [6, 6.07) is 11.8. The van der Waals surface area contributed by atoms with Crippen molar-refractivity contribution in [3.8, 4) is 0 Å². The molecule has 0 atom stereocenters. The van der Waals surface area contributed by atoms with Gasteiger partial charge in [0, 0.05) is 17.3 Å². The van der Waals surface area contributed by atoms with Gasteiger partial charge in [-0.05, 0) is 44.5 Å². The normalized spacial score (nSPS) is 11.7. The Morgan fingerprint density at radius 2 is 1.88 bits per heavy atom. The third kappa shape index (κ3) is 3.64. The molecule has 0 aliphatic heterocycles. The van der Waals surface area contributed by atoms with Gasteiger partial charge in [-0.3, -0.25) is 4.79 Å². The zero-order valence-corrected chi connectivity index (χ0v) is 15.4. The molecule has 3 aromatic rings. The second-order valence-electron chi connectivity index (χ2n) is 6.41. The Balaban J connectivity index is 1.95. The second kappa shape index (κ2) is 7.48. The Morgan fingerprint density at radius 1 is 1.15 bits per heavy atom. The monoisotopic (exact) mass is 349 g/mol. The van der Waals surface area contributed by atoms with Crippen molar-refractivity contribution in [3.05, 3.63) is 81.5 Å². The Morgan fingerprint density at radius 3 is 2.46 bits per heavy atom. The van der Waals surface area contributed by atoms with Crippen molar-refractivity contribution < 1.29 is 13.6 Å². The quantitative estimate of drug-likeness (QED) is 0.708. The van der Waals surface area contributed by atoms with E-state index in [1.54, 1.807) is 11.2 Å². The van der Waals surface area contributed by atoms with Crippen molar-refractivity contribution in [1.82, 2.24) is 4.90 Å². The number of aryl methyl sites for hydroxylation is 1. The highest BCUT2D eigenvalue weighted by molar-refractivity contribution is 5.92. The van der Waals surface area contributed by atoms with E-state index in [1.807, 2.05) is 63.2 Å². The van der Waals surface area contributed by atoms with E-state index in [0.717, 1.165) is 22.1 Å². The highest BCUT2D eigenvalue weighted by atomic mass is 16.3. The Bertz CT molecular complexity index is 995. The van der Waals surface area contributed by atoms with Crippen LogP contribution >= 0.6 is 0 Å². The summed E-state index contributed by atoms with van der Waals surface area (Å²) in [6.07, 6.45) is 3.43. The van der Waals surface area contributed by atoms with Gasteiger partial charge in [0.2, 0.25) is 0 Å². The van der Waals surface area contributed by atoms with Crippen LogP contribution in [0.2, 0.25) is 0 Å². The Labute approximate surface area is 153 Å². The van der Waals surface area contributed by atoms with Crippen LogP contribution in [0.25, 0.3) is 12.7 Å². The fourth-order valence-corrected chi connectivity index (χ4v) is 2.85. The lowest BCUT2D eigenvalue weighted by Gasteiger charge is -2.21. The molecule has 3 rings (SSSR count). The summed E-state index contributed by atoms with van der Waals surface area (Å²) in [5.41, 5.74) is 3.65. The van der Waals surface area contributed by atoms with E-state index in [-0.39, 0.29) is 5.91 Å². The maximum atomic E-state index is 13.2. The van der Waals surface area contributed by atoms with Gasteiger partial charge < -0.3 is 13.7 Å². The molecule has 1 amide bonds. The van der Waals surface area contributed by atoms with Crippen LogP contribution in [0.5, 0.6) is 0 Å². The van der Waals surface area contributed by atoms with Crippen molar-refractivity contribution in [3.63, 3.8) is 0 Å². The lowest BCUT2D eigenvalue weighted by Crippen LogP contribution is -2.30. The molecule has 0 N–H and O–H groups in total. The summed E-state index contributed by atoms with van der Waals surface area (Å²) >= 11 is 0. The predicted octanol–water partition coefficient (Wildman–Crippen LogP) is 3.54. The average Bonchev–Trinajstić information content (AvgIpc) is 3.25. The van der Waals surface area contributed by atoms with E-state index in [4.69, 9.17) is 8.83 Å². The molecule has 0 saturated heterocycles. The lowest BCUT2D eigenvalue weighted by molar-refractivity contribution is 0.0682. The Kier molecular flexibility index (Phi) is 5.12. The number of hydrogen-bond acceptors (Lipinski definition) is 3. The molecule has 134 valence electrons. The van der Waals surface area contributed by atoms with Crippen molar-refractivity contribution in [2.24, 2.45) is 0 Å². The van der Waals surface area contributed by atoms with Gasteiger partial charge in [0.05, 0.1) is 12.8 Å². The molecule has 2 aromatic heterocycles. The maximum absolute atomic E-state index is 13.2. The van der Waals surface area contributed by atoms with E-state index >= 15 is 0 Å². The van der Waals surface area contributed by atoms with Gasteiger partial charge in [-0.15, -0.1) is 0 Å². The zero-order chi connectivity index (χ0) is 18.7. The van der Waals surface area contributed by atoms with E-state index < -0.39 is 0 Å². The van der Waals surface area contributed by atoms with Crippen LogP contribution in [-0.4, -0.2) is 10.8 Å². The minimum Gasteiger partial charge on any atom is -0.467 e. The summed E-state index contributed by atoms with van der Waals surface area (Å²) < 4.78 is 11.2. The van der Waals surface area contributed by atoms with Gasteiger partial charge >= 0.3 is 0 Å². The fraction of sp³-hybridized carbons (Fsp3) is 0.227. The topological polar surface area (TPSA) is 46.6 Å². The molecular weight excluding hydrogens is 326 g/mol. The SMILES string of the molecule is C=c1c(C)c(C(=O)N(Cc2ccc(C)cc2)Cc2ccco2)o/c1=C/C. The van der Waals surface area contributed by atoms with Gasteiger partial charge in [-0.25, -0.2) is 0 Å². The van der Waals surface area contributed by atoms with Crippen LogP contribution in [0.4, 0.5) is 0 Å². The fourth-order valence-electron chi connectivity index (χ4n) is 2.85. The molecule has 0 bridgehead atoms. The third-order valence-electron chi connectivity index (χ3n) is 4.47. The number of nitrogens with zero attached hydrogens (tertiary/aromatic N) is 1. The first-order valence-corrected chi connectivity index (χ1v) is 8.61. The average molecular weight is 349 g/mol. The van der Waals surface area contributed by atoms with E-state index in [2.05, 4.69) is 6.58 Å². The largest absolute Gasteiger partial charge is 0.467 e. The van der Waals surface area contributed by atoms with Crippen LogP contribution in [0.15, 0.2) is 51.5 Å². The summed E-state index contributed by atoms with van der Waals surface area (Å²) in [5.74, 6) is 0.894. The van der Waals surface area contributed by atoms with Gasteiger partial charge in [0.25, 0.3) is 5.91 Å². The number of furan rings is 2. The van der Waals surface area contributed by atoms with Crippen LogP contribution < -0.4 is 10.6 Å². The van der Waals surface area contributed by atoms with Crippen LogP contribution in [0.3, 0.4) is 0 Å². The second-order valence-corrected chi connectivity index (χ2v) is 6.41. The van der Waals surface area contributed by atoms with Gasteiger partial charge in [-0.1, -0.05) is 36.4 Å². The molecule has 1 aromatic carbocycles. The molecular formula is C22H23NO3. The van der Waals surface area contributed by atoms with Crippen molar-refractivity contribution in [2.45, 2.75) is 33.9 Å². The number of carbonyl (C=O) groups excluding carboxylic acids is 1. The molecule has 0 spiro atoms. The first-order valence-electron chi connectivity index (χ1n) is 8.61. The smallest absolute Gasteiger partial charge is 0.290 e. The first-order chi connectivity index (χ1) is 12.5. The third-order valence-corrected chi connectivity index (χ3v) is 4.47. The molecule has 0 unspecified atom stereocenters. The molecule has 4 nitrogen and oxygen atoms in total. The molecule has 0 aliphatic carbocycles. The highest BCUT2D eigenvalue weighted by Crippen LogP contribution is 2.16. The van der Waals surface area contributed by atoms with Gasteiger partial charge in [-0.2, -0.15) is 0 Å². The summed E-state index contributed by atoms with van der Waals surface area (Å²) in [5, 5.41) is 0.754. The standard InChI is InChI=1S/C22H23NO3/c1-5-20-16(3)17(4)21(26-20)22(24)23(14-19-7-6-12-25-19)13-18-10-8-15(2)9-11-18/h5-12H,3,13-14H2,1-2,4H3/b20-5+. The number of benzene rings is 1. The molecule has 2 heterocycles. The molecule has 0 saturated carbocycles. The number of carbonyl (C=O) groups is 1. The minimum absolute atomic E-state index is 0.169. The van der Waals surface area contributed by atoms with Crippen molar-refractivity contribution in [1.29, 1.82) is 0 Å².